The number of hydrogen-bond acceptors (Lipinski definition) is 12. The van der Waals surface area contributed by atoms with Gasteiger partial charge in [-0.1, -0.05) is 176 Å². The molecule has 22 heteroatoms. The van der Waals surface area contributed by atoms with Crippen LogP contribution in [-0.2, 0) is 0 Å². The number of imidazole rings is 10. The largest absolute Gasteiger partial charge is 0.456 e. The van der Waals surface area contributed by atoms with Crippen molar-refractivity contribution < 1.29 is 22.1 Å². The van der Waals surface area contributed by atoms with Crippen LogP contribution < -0.4 is 0 Å². The molecule has 0 saturated carbocycles. The van der Waals surface area contributed by atoms with Gasteiger partial charge in [0.05, 0.1) is 139 Å². The van der Waals surface area contributed by atoms with E-state index in [4.69, 9.17) is 47.0 Å². The standard InChI is InChI=1S/3C26H17N3O.2C25H16N4O/c1-16-14-17(15-19-18-8-2-7-13-24(18)30-25(16)19)28-22-11-5-6-12-23(22)29-21-10-4-3-9-20(21)27-26(28)29;2*1-16-14-18-17-8-2-7-13-24(17)30-25(18)23(15-16)29-22-12-6-5-11-21(22)28-20-10-4-3-9-19(20)27-26(28)29;1-15-13-16(14-18-17-7-6-12-26-24(17)30-23(15)18)28-21-10-4-5-11-22(21)29-20-9-3-2-8-19(20)27-25(28)29;1-15-13-17-16-7-6-12-26-24(16)30-23(17)22(14-15)29-21-11-5-4-10-20(21)28-19-9-3-2-8-18(19)27-25(28)29/h3*2-15H,1H3;2*2-14H,1H3. The van der Waals surface area contributed by atoms with Gasteiger partial charge in [-0.3, -0.25) is 44.8 Å². The van der Waals surface area contributed by atoms with Crippen LogP contribution in [-0.4, -0.2) is 79.7 Å². The fourth-order valence-corrected chi connectivity index (χ4v) is 23.3. The molecule has 0 saturated heterocycles. The number of para-hydroxylation sites is 23. The topological polar surface area (TPSA) is 203 Å². The predicted octanol–water partition coefficient (Wildman–Crippen LogP) is 32.0. The zero-order chi connectivity index (χ0) is 99.1. The minimum atomic E-state index is 0.653. The lowest BCUT2D eigenvalue weighted by atomic mass is 10.1. The number of hydrogen-bond donors (Lipinski definition) is 0. The Morgan fingerprint density at radius 1 is 0.180 bits per heavy atom. The lowest BCUT2D eigenvalue weighted by molar-refractivity contribution is 0.651. The number of pyridine rings is 2. The van der Waals surface area contributed by atoms with Crippen LogP contribution in [0.2, 0.25) is 0 Å². The molecule has 0 bridgehead atoms. The quantitative estimate of drug-likeness (QED) is 0.158. The van der Waals surface area contributed by atoms with E-state index < -0.39 is 0 Å². The monoisotopic (exact) mass is 1940 g/mol. The molecular weight excluding hydrogens is 1860 g/mol. The van der Waals surface area contributed by atoms with E-state index in [1.54, 1.807) is 12.4 Å². The Bertz CT molecular complexity index is 11000. The molecule has 150 heavy (non-hydrogen) atoms. The third-order valence-electron chi connectivity index (χ3n) is 29.6. The summed E-state index contributed by atoms with van der Waals surface area (Å²) >= 11 is 0. The molecule has 35 rings (SSSR count). The van der Waals surface area contributed by atoms with E-state index in [0.717, 1.165) is 283 Å². The van der Waals surface area contributed by atoms with Crippen molar-refractivity contribution in [1.82, 2.24) is 79.7 Å². The molecule has 0 aliphatic rings. The maximum absolute atomic E-state index is 6.38. The van der Waals surface area contributed by atoms with Crippen LogP contribution in [0.15, 0.2) is 435 Å². The highest BCUT2D eigenvalue weighted by molar-refractivity contribution is 6.14. The van der Waals surface area contributed by atoms with Gasteiger partial charge < -0.3 is 22.1 Å². The average molecular weight is 1940 g/mol. The van der Waals surface area contributed by atoms with Crippen LogP contribution in [0.1, 0.15) is 27.8 Å². The number of aryl methyl sites for hydroxylation is 5. The van der Waals surface area contributed by atoms with Crippen LogP contribution in [0, 0.1) is 34.6 Å². The summed E-state index contributed by atoms with van der Waals surface area (Å²) in [5, 5.41) is 11.0. The van der Waals surface area contributed by atoms with Gasteiger partial charge in [-0.15, -0.1) is 0 Å². The van der Waals surface area contributed by atoms with Crippen molar-refractivity contribution in [2.45, 2.75) is 34.6 Å². The Labute approximate surface area is 849 Å². The first-order valence-electron chi connectivity index (χ1n) is 50.1. The van der Waals surface area contributed by atoms with E-state index in [-0.39, 0.29) is 0 Å². The fraction of sp³-hybridized carbons (Fsp3) is 0.0391. The van der Waals surface area contributed by atoms with E-state index in [0.29, 0.717) is 11.4 Å². The second-order valence-corrected chi connectivity index (χ2v) is 38.8. The van der Waals surface area contributed by atoms with Gasteiger partial charge in [-0.05, 0) is 287 Å². The van der Waals surface area contributed by atoms with E-state index in [9.17, 15) is 0 Å². The molecule has 0 amide bonds. The van der Waals surface area contributed by atoms with Gasteiger partial charge in [-0.2, -0.15) is 0 Å². The van der Waals surface area contributed by atoms with Gasteiger partial charge in [0.15, 0.2) is 16.7 Å². The molecule has 0 unspecified atom stereocenters. The average Bonchev–Trinajstić information content (AvgIpc) is 1.56. The second-order valence-electron chi connectivity index (χ2n) is 38.8. The Balaban J connectivity index is 0.0000000844. The van der Waals surface area contributed by atoms with Crippen molar-refractivity contribution >= 4 is 249 Å². The lowest BCUT2D eigenvalue weighted by Crippen LogP contribution is -1.96. The van der Waals surface area contributed by atoms with Gasteiger partial charge in [0.1, 0.15) is 27.9 Å². The van der Waals surface area contributed by atoms with Crippen molar-refractivity contribution in [3.8, 4) is 28.4 Å². The normalized spacial score (nSPS) is 12.2. The minimum absolute atomic E-state index is 0.653. The molecule has 0 aliphatic heterocycles. The molecule has 17 aromatic heterocycles. The predicted molar refractivity (Wildman–Crippen MR) is 603 cm³/mol. The Morgan fingerprint density at radius 2 is 0.407 bits per heavy atom. The van der Waals surface area contributed by atoms with Crippen LogP contribution >= 0.6 is 0 Å². The molecule has 18 aromatic carbocycles. The van der Waals surface area contributed by atoms with Crippen LogP contribution in [0.4, 0.5) is 0 Å². The van der Waals surface area contributed by atoms with Gasteiger partial charge >= 0.3 is 0 Å². The van der Waals surface area contributed by atoms with Crippen molar-refractivity contribution in [2.75, 3.05) is 0 Å². The summed E-state index contributed by atoms with van der Waals surface area (Å²) in [6.07, 6.45) is 3.53. The van der Waals surface area contributed by atoms with Crippen molar-refractivity contribution in [3.05, 3.63) is 441 Å². The minimum Gasteiger partial charge on any atom is -0.456 e. The van der Waals surface area contributed by atoms with E-state index in [2.05, 4.69) is 411 Å². The summed E-state index contributed by atoms with van der Waals surface area (Å²) in [5.41, 5.74) is 41.1. The number of benzene rings is 18. The number of furan rings is 5. The van der Waals surface area contributed by atoms with Crippen LogP contribution in [0.5, 0.6) is 0 Å². The number of fused-ring (bicyclic) bond motifs is 40. The van der Waals surface area contributed by atoms with Crippen molar-refractivity contribution in [1.29, 1.82) is 0 Å². The lowest BCUT2D eigenvalue weighted by Gasteiger charge is -2.07. The Hall–Kier alpha value is -20.4. The smallest absolute Gasteiger partial charge is 0.227 e. The molecule has 0 aliphatic carbocycles. The summed E-state index contributed by atoms with van der Waals surface area (Å²) < 4.78 is 53.5. The zero-order valence-electron chi connectivity index (χ0n) is 81.4. The van der Waals surface area contributed by atoms with Gasteiger partial charge in [0, 0.05) is 66.3 Å². The first-order chi connectivity index (χ1) is 74.0. The molecule has 0 spiro atoms. The van der Waals surface area contributed by atoms with Gasteiger partial charge in [-0.25, -0.2) is 34.9 Å². The first kappa shape index (κ1) is 84.2. The second kappa shape index (κ2) is 32.3. The third-order valence-corrected chi connectivity index (χ3v) is 29.6. The van der Waals surface area contributed by atoms with Crippen molar-refractivity contribution in [2.24, 2.45) is 0 Å². The summed E-state index contributed by atoms with van der Waals surface area (Å²) in [7, 11) is 0. The molecule has 22 nitrogen and oxygen atoms in total. The zero-order valence-corrected chi connectivity index (χ0v) is 81.4. The summed E-state index contributed by atoms with van der Waals surface area (Å²) in [4.78, 5) is 33.8. The van der Waals surface area contributed by atoms with Crippen LogP contribution in [0.3, 0.4) is 0 Å². The highest BCUT2D eigenvalue weighted by Gasteiger charge is 2.29. The molecule has 710 valence electrons. The van der Waals surface area contributed by atoms with E-state index >= 15 is 0 Å². The highest BCUT2D eigenvalue weighted by Crippen LogP contribution is 2.46. The molecule has 17 heterocycles. The maximum Gasteiger partial charge on any atom is 0.227 e. The summed E-state index contributed by atoms with van der Waals surface area (Å²) in [5.74, 6) is 4.48. The molecule has 35 aromatic rings. The third kappa shape index (κ3) is 12.5. The maximum atomic E-state index is 6.38. The summed E-state index contributed by atoms with van der Waals surface area (Å²) in [6.45, 7) is 10.6. The highest BCUT2D eigenvalue weighted by atomic mass is 16.4. The fourth-order valence-electron chi connectivity index (χ4n) is 23.3. The molecule has 0 atom stereocenters. The Kier molecular flexibility index (Phi) is 18.1. The number of nitrogens with zero attached hydrogens (tertiary/aromatic N) is 17. The molecule has 0 fully saturated rings. The van der Waals surface area contributed by atoms with Crippen molar-refractivity contribution in [3.63, 3.8) is 0 Å². The number of rotatable bonds is 5. The van der Waals surface area contributed by atoms with Gasteiger partial charge in [0.25, 0.3) is 0 Å². The molecule has 0 N–H and O–H groups in total. The van der Waals surface area contributed by atoms with Crippen LogP contribution in [0.25, 0.3) is 278 Å². The van der Waals surface area contributed by atoms with E-state index in [1.165, 1.54) is 11.1 Å². The molecular formula is C128H83N17O5. The Morgan fingerprint density at radius 3 is 0.733 bits per heavy atom. The summed E-state index contributed by atoms with van der Waals surface area (Å²) in [6, 6.07) is 138. The van der Waals surface area contributed by atoms with E-state index in [1.807, 2.05) is 78.9 Å². The molecule has 0 radical (unpaired) electrons. The first-order valence-corrected chi connectivity index (χ1v) is 50.1. The number of aromatic nitrogens is 17. The SMILES string of the molecule is Cc1cc(-n2c3ccccc3n3c4ccccc4nc23)c2oc3ccccc3c2c1.Cc1cc(-n2c3ccccc3n3c4ccccc4nc23)c2oc3ccccc3c2c1.Cc1cc(-n2c3ccccc3n3c4ccccc4nc23)c2oc3ncccc3c2c1.Cc1cc(-n2c3ccccc3n3c4ccccc4nc23)cc2c1oc1ccccc12.Cc1cc(-n2c3ccccc3n3c4ccccc4nc23)cc2c1oc1ncccc12. The van der Waals surface area contributed by atoms with Gasteiger partial charge in [0.2, 0.25) is 40.3 Å².